The van der Waals surface area contributed by atoms with Crippen LogP contribution in [0, 0.1) is 5.92 Å². The van der Waals surface area contributed by atoms with Crippen LogP contribution in [0.1, 0.15) is 30.3 Å². The van der Waals surface area contributed by atoms with Crippen molar-refractivity contribution in [2.24, 2.45) is 5.92 Å². The van der Waals surface area contributed by atoms with Gasteiger partial charge in [0.25, 0.3) is 0 Å². The molecule has 200 valence electrons. The minimum atomic E-state index is -4.96. The quantitative estimate of drug-likeness (QED) is 0.315. The van der Waals surface area contributed by atoms with E-state index in [0.29, 0.717) is 25.9 Å². The number of aliphatic hydroxyl groups excluding tert-OH is 1. The Balaban J connectivity index is 1.80. The van der Waals surface area contributed by atoms with Crippen LogP contribution in [0.2, 0.25) is 10.0 Å². The molecule has 0 bridgehead atoms. The second-order valence-electron chi connectivity index (χ2n) is 8.67. The third-order valence-corrected chi connectivity index (χ3v) is 6.10. The van der Waals surface area contributed by atoms with Gasteiger partial charge in [-0.2, -0.15) is 13.2 Å². The highest BCUT2D eigenvalue weighted by Gasteiger charge is 2.39. The summed E-state index contributed by atoms with van der Waals surface area (Å²) in [4.78, 5) is 30.3. The van der Waals surface area contributed by atoms with Crippen LogP contribution in [-0.4, -0.2) is 52.3 Å². The Kier molecular flexibility index (Phi) is 7.77. The van der Waals surface area contributed by atoms with Crippen LogP contribution < -0.4 is 5.69 Å². The van der Waals surface area contributed by atoms with E-state index in [4.69, 9.17) is 23.2 Å². The van der Waals surface area contributed by atoms with Crippen LogP contribution in [0.4, 0.5) is 13.2 Å². The Morgan fingerprint density at radius 3 is 2.32 bits per heavy atom. The number of ketones is 1. The molecule has 0 spiro atoms. The number of hydrogen-bond acceptors (Lipinski definition) is 6. The maximum atomic E-state index is 13.2. The van der Waals surface area contributed by atoms with Crippen LogP contribution >= 0.6 is 23.2 Å². The number of halogens is 5. The third-order valence-electron chi connectivity index (χ3n) is 5.53. The average Bonchev–Trinajstić information content (AvgIpc) is 3.40. The number of carbonyl (C=O) groups excluding carboxylic acids is 1. The van der Waals surface area contributed by atoms with Crippen LogP contribution in [-0.2, 0) is 13.1 Å². The maximum Gasteiger partial charge on any atom is 0.416 e. The van der Waals surface area contributed by atoms with E-state index in [1.807, 2.05) is 0 Å². The number of para-hydroxylation sites is 1. The summed E-state index contributed by atoms with van der Waals surface area (Å²) < 4.78 is 42.2. The zero-order valence-electron chi connectivity index (χ0n) is 20.0. The lowest BCUT2D eigenvalue weighted by atomic mass is 10.1. The van der Waals surface area contributed by atoms with Crippen molar-refractivity contribution in [1.29, 1.82) is 0 Å². The van der Waals surface area contributed by atoms with Gasteiger partial charge >= 0.3 is 11.9 Å². The molecule has 0 radical (unpaired) electrons. The van der Waals surface area contributed by atoms with E-state index in [1.165, 1.54) is 28.9 Å². The lowest BCUT2D eigenvalue weighted by molar-refractivity contribution is -0.207. The molecule has 0 aliphatic carbocycles. The first kappa shape index (κ1) is 27.6. The summed E-state index contributed by atoms with van der Waals surface area (Å²) in [5.41, 5.74) is -0.265. The van der Waals surface area contributed by atoms with Gasteiger partial charge in [0.1, 0.15) is 6.54 Å². The van der Waals surface area contributed by atoms with Crippen molar-refractivity contribution in [3.05, 3.63) is 80.7 Å². The number of aromatic nitrogens is 6. The molecule has 0 saturated heterocycles. The molecule has 4 aromatic rings. The van der Waals surface area contributed by atoms with Gasteiger partial charge in [-0.3, -0.25) is 9.36 Å². The van der Waals surface area contributed by atoms with Gasteiger partial charge in [-0.05, 0) is 36.4 Å². The van der Waals surface area contributed by atoms with E-state index in [0.717, 1.165) is 4.68 Å². The minimum absolute atomic E-state index is 0.000282. The fourth-order valence-electron chi connectivity index (χ4n) is 3.56. The summed E-state index contributed by atoms with van der Waals surface area (Å²) in [7, 11) is 0. The molecule has 2 heterocycles. The van der Waals surface area contributed by atoms with Gasteiger partial charge in [-0.25, -0.2) is 19.1 Å². The topological polar surface area (TPSA) is 108 Å². The lowest BCUT2D eigenvalue weighted by Crippen LogP contribution is -2.37. The first-order valence-electron chi connectivity index (χ1n) is 11.3. The summed E-state index contributed by atoms with van der Waals surface area (Å²) in [6.45, 7) is 1.91. The second-order valence-corrected chi connectivity index (χ2v) is 9.52. The number of benzene rings is 2. The van der Waals surface area contributed by atoms with Crippen LogP contribution in [0.15, 0.2) is 53.3 Å². The van der Waals surface area contributed by atoms with Crippen molar-refractivity contribution in [3.63, 3.8) is 0 Å². The highest BCUT2D eigenvalue weighted by molar-refractivity contribution is 6.32. The predicted octanol–water partition coefficient (Wildman–Crippen LogP) is 4.41. The molecule has 0 aliphatic rings. The standard InChI is InChI=1S/C24H21Cl2F3N6O3/c1-13(2)20(37)22-30-19(31-35(22)17-6-4-3-5-16(17)26)12-34-23(38)33(11-18(36)24(27,28)29)21(32-34)14-7-9-15(25)10-8-14/h3-10,13,18,36H,11-12H2,1-2H3/t18-/m0/s1. The fraction of sp³-hybridized carbons (Fsp3) is 0.292. The van der Waals surface area contributed by atoms with Crippen molar-refractivity contribution in [2.45, 2.75) is 39.2 Å². The van der Waals surface area contributed by atoms with Gasteiger partial charge < -0.3 is 5.11 Å². The molecule has 0 unspecified atom stereocenters. The Hall–Kier alpha value is -3.48. The Morgan fingerprint density at radius 1 is 1.05 bits per heavy atom. The van der Waals surface area contributed by atoms with Crippen molar-refractivity contribution in [2.75, 3.05) is 0 Å². The molecule has 2 aromatic carbocycles. The van der Waals surface area contributed by atoms with Gasteiger partial charge in [0.05, 0.1) is 17.3 Å². The molecule has 0 fully saturated rings. The third kappa shape index (κ3) is 5.66. The van der Waals surface area contributed by atoms with Gasteiger partial charge in [-0.15, -0.1) is 10.2 Å². The van der Waals surface area contributed by atoms with E-state index < -0.39 is 30.4 Å². The van der Waals surface area contributed by atoms with Crippen molar-refractivity contribution < 1.29 is 23.1 Å². The largest absolute Gasteiger partial charge is 0.416 e. The molecule has 0 saturated carbocycles. The SMILES string of the molecule is CC(C)C(=O)c1nc(Cn2nc(-c3ccc(Cl)cc3)n(C[C@H](O)C(F)(F)F)c2=O)nn1-c1ccccc1Cl. The van der Waals surface area contributed by atoms with Crippen LogP contribution in [0.5, 0.6) is 0 Å². The van der Waals surface area contributed by atoms with Crippen molar-refractivity contribution in [1.82, 2.24) is 29.1 Å². The molecule has 4 rings (SSSR count). The summed E-state index contributed by atoms with van der Waals surface area (Å²) in [6.07, 6.45) is -7.77. The monoisotopic (exact) mass is 568 g/mol. The number of nitrogens with zero attached hydrogens (tertiary/aromatic N) is 6. The Morgan fingerprint density at radius 2 is 1.71 bits per heavy atom. The number of alkyl halides is 3. The van der Waals surface area contributed by atoms with Crippen LogP contribution in [0.3, 0.4) is 0 Å². The van der Waals surface area contributed by atoms with Crippen molar-refractivity contribution >= 4 is 29.0 Å². The van der Waals surface area contributed by atoms with Gasteiger partial charge in [0, 0.05) is 16.5 Å². The smallest absolute Gasteiger partial charge is 0.382 e. The summed E-state index contributed by atoms with van der Waals surface area (Å²) in [5, 5.41) is 18.9. The van der Waals surface area contributed by atoms with E-state index in [9.17, 15) is 27.9 Å². The molecule has 0 amide bonds. The lowest BCUT2D eigenvalue weighted by Gasteiger charge is -2.15. The maximum absolute atomic E-state index is 13.2. The Labute approximate surface area is 224 Å². The van der Waals surface area contributed by atoms with Crippen molar-refractivity contribution in [3.8, 4) is 17.1 Å². The number of aliphatic hydroxyl groups is 1. The molecule has 1 atom stereocenters. The number of Topliss-reactive ketones (excluding diaryl/α,β-unsaturated/α-hetero) is 1. The molecule has 14 heteroatoms. The first-order valence-corrected chi connectivity index (χ1v) is 12.1. The summed E-state index contributed by atoms with van der Waals surface area (Å²) in [5.74, 6) is -0.924. The number of rotatable bonds is 8. The number of hydrogen-bond donors (Lipinski definition) is 1. The second kappa shape index (κ2) is 10.7. The average molecular weight is 569 g/mol. The molecular weight excluding hydrogens is 548 g/mol. The van der Waals surface area contributed by atoms with E-state index in [1.54, 1.807) is 38.1 Å². The molecule has 38 heavy (non-hydrogen) atoms. The predicted molar refractivity (Wildman–Crippen MR) is 134 cm³/mol. The van der Waals surface area contributed by atoms with Crippen LogP contribution in [0.25, 0.3) is 17.1 Å². The molecule has 1 N–H and O–H groups in total. The van der Waals surface area contributed by atoms with Gasteiger partial charge in [0.2, 0.25) is 5.78 Å². The highest BCUT2D eigenvalue weighted by Crippen LogP contribution is 2.25. The highest BCUT2D eigenvalue weighted by atomic mass is 35.5. The normalized spacial score (nSPS) is 12.8. The van der Waals surface area contributed by atoms with E-state index >= 15 is 0 Å². The zero-order valence-corrected chi connectivity index (χ0v) is 21.5. The van der Waals surface area contributed by atoms with Gasteiger partial charge in [0.15, 0.2) is 23.6 Å². The first-order chi connectivity index (χ1) is 17.9. The molecule has 0 aliphatic heterocycles. The zero-order chi connectivity index (χ0) is 27.8. The fourth-order valence-corrected chi connectivity index (χ4v) is 3.90. The summed E-state index contributed by atoms with van der Waals surface area (Å²) >= 11 is 12.2. The number of carbonyl (C=O) groups is 1. The summed E-state index contributed by atoms with van der Waals surface area (Å²) in [6, 6.07) is 12.6. The van der Waals surface area contributed by atoms with E-state index in [-0.39, 0.29) is 29.8 Å². The van der Waals surface area contributed by atoms with E-state index in [2.05, 4.69) is 15.2 Å². The van der Waals surface area contributed by atoms with Gasteiger partial charge in [-0.1, -0.05) is 49.2 Å². The minimum Gasteiger partial charge on any atom is -0.382 e. The molecule has 2 aromatic heterocycles. The Bertz CT molecular complexity index is 1530. The molecule has 9 nitrogen and oxygen atoms in total. The molecular formula is C24H21Cl2F3N6O3.